The molecule has 0 unspecified atom stereocenters. The summed E-state index contributed by atoms with van der Waals surface area (Å²) in [5, 5.41) is 0. The van der Waals surface area contributed by atoms with Gasteiger partial charge in [0.25, 0.3) is 0 Å². The zero-order chi connectivity index (χ0) is 8.04. The second kappa shape index (κ2) is 4.14. The van der Waals surface area contributed by atoms with Crippen LogP contribution in [-0.2, 0) is 0 Å². The van der Waals surface area contributed by atoms with Gasteiger partial charge in [-0.2, -0.15) is 13.2 Å². The van der Waals surface area contributed by atoms with Crippen molar-refractivity contribution in [2.45, 2.75) is 19.0 Å². The lowest BCUT2D eigenvalue weighted by atomic mass is 10.3. The number of allylic oxidation sites excluding steroid dienone is 3. The summed E-state index contributed by atoms with van der Waals surface area (Å²) < 4.78 is 34.1. The molecule has 0 aromatic rings. The Labute approximate surface area is 58.0 Å². The molecular weight excluding hydrogens is 141 g/mol. The number of unbranched alkanes of at least 4 members (excludes halogenated alkanes) is 1. The van der Waals surface area contributed by atoms with E-state index < -0.39 is 6.18 Å². The van der Waals surface area contributed by atoms with Gasteiger partial charge in [-0.25, -0.2) is 0 Å². The van der Waals surface area contributed by atoms with Gasteiger partial charge in [0.05, 0.1) is 0 Å². The second-order valence-corrected chi connectivity index (χ2v) is 1.81. The first-order chi connectivity index (χ1) is 4.56. The summed E-state index contributed by atoms with van der Waals surface area (Å²) >= 11 is 0. The van der Waals surface area contributed by atoms with Crippen molar-refractivity contribution >= 4 is 0 Å². The molecule has 0 bridgehead atoms. The molecule has 0 saturated carbocycles. The lowest BCUT2D eigenvalue weighted by molar-refractivity contribution is -0.0800. The Morgan fingerprint density at radius 1 is 1.20 bits per heavy atom. The van der Waals surface area contributed by atoms with Gasteiger partial charge in [-0.3, -0.25) is 0 Å². The topological polar surface area (TPSA) is 0 Å². The molecule has 0 nitrogen and oxygen atoms in total. The zero-order valence-corrected chi connectivity index (χ0v) is 5.49. The van der Waals surface area contributed by atoms with Crippen LogP contribution in [0.1, 0.15) is 12.8 Å². The number of halogens is 3. The SMILES string of the molecule is C=CCCC=CC(F)(F)F. The molecule has 0 aromatic carbocycles. The maximum Gasteiger partial charge on any atom is 0.409 e. The van der Waals surface area contributed by atoms with Crippen molar-refractivity contribution in [1.29, 1.82) is 0 Å². The van der Waals surface area contributed by atoms with Crippen LogP contribution in [-0.4, -0.2) is 6.18 Å². The van der Waals surface area contributed by atoms with Crippen molar-refractivity contribution in [3.63, 3.8) is 0 Å². The molecule has 0 amide bonds. The highest BCUT2D eigenvalue weighted by Crippen LogP contribution is 2.16. The van der Waals surface area contributed by atoms with Gasteiger partial charge >= 0.3 is 6.18 Å². The third kappa shape index (κ3) is 7.27. The molecule has 10 heavy (non-hydrogen) atoms. The molecule has 58 valence electrons. The maximum atomic E-state index is 11.4. The van der Waals surface area contributed by atoms with E-state index >= 15 is 0 Å². The van der Waals surface area contributed by atoms with Gasteiger partial charge in [0.2, 0.25) is 0 Å². The van der Waals surface area contributed by atoms with Crippen LogP contribution < -0.4 is 0 Å². The Hall–Kier alpha value is -0.730. The molecule has 0 saturated heterocycles. The summed E-state index contributed by atoms with van der Waals surface area (Å²) in [7, 11) is 0. The Morgan fingerprint density at radius 3 is 2.20 bits per heavy atom. The molecule has 0 N–H and O–H groups in total. The fourth-order valence-electron chi connectivity index (χ4n) is 0.431. The van der Waals surface area contributed by atoms with Crippen LogP contribution in [0.2, 0.25) is 0 Å². The summed E-state index contributed by atoms with van der Waals surface area (Å²) in [4.78, 5) is 0. The summed E-state index contributed by atoms with van der Waals surface area (Å²) in [6.07, 6.45) is -0.240. The average Bonchev–Trinajstić information content (AvgIpc) is 1.78. The van der Waals surface area contributed by atoms with E-state index in [0.29, 0.717) is 12.8 Å². The summed E-state index contributed by atoms with van der Waals surface area (Å²) in [5.74, 6) is 0. The zero-order valence-electron chi connectivity index (χ0n) is 5.49. The van der Waals surface area contributed by atoms with Gasteiger partial charge in [-0.15, -0.1) is 6.58 Å². The van der Waals surface area contributed by atoms with E-state index in [2.05, 4.69) is 6.58 Å². The van der Waals surface area contributed by atoms with E-state index in [4.69, 9.17) is 0 Å². The van der Waals surface area contributed by atoms with E-state index in [0.717, 1.165) is 6.08 Å². The van der Waals surface area contributed by atoms with Crippen LogP contribution in [0.4, 0.5) is 13.2 Å². The molecular formula is C7H9F3. The third-order valence-electron chi connectivity index (χ3n) is 0.844. The highest BCUT2D eigenvalue weighted by atomic mass is 19.4. The molecule has 0 atom stereocenters. The quantitative estimate of drug-likeness (QED) is 0.428. The van der Waals surface area contributed by atoms with Gasteiger partial charge in [0, 0.05) is 6.08 Å². The van der Waals surface area contributed by atoms with Crippen molar-refractivity contribution in [1.82, 2.24) is 0 Å². The second-order valence-electron chi connectivity index (χ2n) is 1.81. The third-order valence-corrected chi connectivity index (χ3v) is 0.844. The Bertz CT molecular complexity index is 121. The summed E-state index contributed by atoms with van der Waals surface area (Å²) in [6, 6.07) is 0. The largest absolute Gasteiger partial charge is 0.409 e. The molecule has 0 radical (unpaired) electrons. The van der Waals surface area contributed by atoms with Crippen LogP contribution >= 0.6 is 0 Å². The smallest absolute Gasteiger partial charge is 0.167 e. The number of hydrogen-bond donors (Lipinski definition) is 0. The molecule has 0 aliphatic heterocycles. The first-order valence-corrected chi connectivity index (χ1v) is 2.91. The predicted octanol–water partition coefficient (Wildman–Crippen LogP) is 3.07. The lowest BCUT2D eigenvalue weighted by Gasteiger charge is -1.95. The number of alkyl halides is 3. The Balaban J connectivity index is 3.46. The van der Waals surface area contributed by atoms with Crippen LogP contribution in [0.5, 0.6) is 0 Å². The van der Waals surface area contributed by atoms with Crippen molar-refractivity contribution in [2.24, 2.45) is 0 Å². The van der Waals surface area contributed by atoms with Crippen LogP contribution in [0.25, 0.3) is 0 Å². The maximum absolute atomic E-state index is 11.4. The normalized spacial score (nSPS) is 12.3. The minimum atomic E-state index is -4.17. The van der Waals surface area contributed by atoms with Crippen LogP contribution in [0.15, 0.2) is 24.8 Å². The van der Waals surface area contributed by atoms with Gasteiger partial charge < -0.3 is 0 Å². The molecule has 0 rings (SSSR count). The summed E-state index contributed by atoms with van der Waals surface area (Å²) in [6.45, 7) is 3.38. The molecule has 3 heteroatoms. The number of rotatable bonds is 3. The van der Waals surface area contributed by atoms with Crippen LogP contribution in [0.3, 0.4) is 0 Å². The van der Waals surface area contributed by atoms with E-state index in [1.54, 1.807) is 6.08 Å². The van der Waals surface area contributed by atoms with Crippen molar-refractivity contribution < 1.29 is 13.2 Å². The highest BCUT2D eigenvalue weighted by Gasteiger charge is 2.21. The van der Waals surface area contributed by atoms with Crippen molar-refractivity contribution in [2.75, 3.05) is 0 Å². The predicted molar refractivity (Wildman–Crippen MR) is 34.6 cm³/mol. The van der Waals surface area contributed by atoms with Crippen LogP contribution in [0, 0.1) is 0 Å². The molecule has 0 aromatic heterocycles. The Kier molecular flexibility index (Phi) is 3.84. The van der Waals surface area contributed by atoms with Gasteiger partial charge in [-0.05, 0) is 12.8 Å². The molecule has 0 aliphatic carbocycles. The van der Waals surface area contributed by atoms with E-state index in [1.807, 2.05) is 0 Å². The molecule has 0 fully saturated rings. The van der Waals surface area contributed by atoms with Crippen molar-refractivity contribution in [3.8, 4) is 0 Å². The van der Waals surface area contributed by atoms with Gasteiger partial charge in [0.1, 0.15) is 0 Å². The molecule has 0 heterocycles. The fourth-order valence-corrected chi connectivity index (χ4v) is 0.431. The minimum Gasteiger partial charge on any atom is -0.167 e. The fraction of sp³-hybridized carbons (Fsp3) is 0.429. The molecule has 0 spiro atoms. The number of hydrogen-bond acceptors (Lipinski definition) is 0. The van der Waals surface area contributed by atoms with Gasteiger partial charge in [0.15, 0.2) is 0 Å². The first kappa shape index (κ1) is 9.27. The van der Waals surface area contributed by atoms with E-state index in [9.17, 15) is 13.2 Å². The van der Waals surface area contributed by atoms with Crippen molar-refractivity contribution in [3.05, 3.63) is 24.8 Å². The average molecular weight is 150 g/mol. The monoisotopic (exact) mass is 150 g/mol. The standard InChI is InChI=1S/C7H9F3/c1-2-3-4-5-6-7(8,9)10/h2,5-6H,1,3-4H2. The lowest BCUT2D eigenvalue weighted by Crippen LogP contribution is -2.00. The summed E-state index contributed by atoms with van der Waals surface area (Å²) in [5.41, 5.74) is 0. The highest BCUT2D eigenvalue weighted by molar-refractivity contribution is 4.89. The first-order valence-electron chi connectivity index (χ1n) is 2.91. The Morgan fingerprint density at radius 2 is 1.80 bits per heavy atom. The van der Waals surface area contributed by atoms with Gasteiger partial charge in [-0.1, -0.05) is 12.2 Å². The van der Waals surface area contributed by atoms with E-state index in [1.165, 1.54) is 0 Å². The van der Waals surface area contributed by atoms with E-state index in [-0.39, 0.29) is 6.08 Å². The minimum absolute atomic E-state index is 0.247. The molecule has 0 aliphatic rings.